The summed E-state index contributed by atoms with van der Waals surface area (Å²) in [6, 6.07) is 12.7. The first-order valence-corrected chi connectivity index (χ1v) is 14.0. The molecule has 0 amide bonds. The Labute approximate surface area is 251 Å². The van der Waals surface area contributed by atoms with E-state index in [1.54, 1.807) is 48.5 Å². The Morgan fingerprint density at radius 2 is 0.977 bits per heavy atom. The summed E-state index contributed by atoms with van der Waals surface area (Å²) < 4.78 is 31.5. The molecule has 0 saturated carbocycles. The van der Waals surface area contributed by atoms with Crippen molar-refractivity contribution >= 4 is 35.2 Å². The molecule has 1 aromatic heterocycles. The van der Waals surface area contributed by atoms with Gasteiger partial charge in [0.15, 0.2) is 0 Å². The van der Waals surface area contributed by atoms with E-state index in [0.717, 1.165) is 23.5 Å². The molecule has 0 radical (unpaired) electrons. The van der Waals surface area contributed by atoms with Crippen LogP contribution < -0.4 is 18.9 Å². The van der Waals surface area contributed by atoms with Crippen molar-refractivity contribution in [3.63, 3.8) is 0 Å². The molecule has 43 heavy (non-hydrogen) atoms. The molecule has 2 aromatic carbocycles. The number of hydrogen-bond acceptors (Lipinski definition) is 13. The van der Waals surface area contributed by atoms with Crippen molar-refractivity contribution in [1.82, 2.24) is 10.2 Å². The Bertz CT molecular complexity index is 1280. The van der Waals surface area contributed by atoms with Gasteiger partial charge in [-0.15, -0.1) is 0 Å². The maximum absolute atomic E-state index is 12.5. The highest BCUT2D eigenvalue weighted by molar-refractivity contribution is 7.14. The van der Waals surface area contributed by atoms with Crippen LogP contribution in [-0.2, 0) is 19.1 Å². The number of benzene rings is 2. The van der Waals surface area contributed by atoms with E-state index in [0.29, 0.717) is 50.4 Å². The molecule has 1 heterocycles. The molecule has 0 bridgehead atoms. The number of aromatic nitrogens is 2. The highest BCUT2D eigenvalue weighted by Gasteiger charge is 2.17. The van der Waals surface area contributed by atoms with E-state index in [9.17, 15) is 19.2 Å². The first kappa shape index (κ1) is 32.5. The number of carbonyl (C=O) groups excluding carboxylic acids is 4. The summed E-state index contributed by atoms with van der Waals surface area (Å²) in [4.78, 5) is 46.9. The van der Waals surface area contributed by atoms with E-state index in [1.165, 1.54) is 0 Å². The molecule has 0 spiro atoms. The van der Waals surface area contributed by atoms with Gasteiger partial charge in [0.2, 0.25) is 0 Å². The lowest BCUT2D eigenvalue weighted by molar-refractivity contribution is -0.138. The third kappa shape index (κ3) is 11.8. The summed E-state index contributed by atoms with van der Waals surface area (Å²) in [6.07, 6.45) is 4.87. The lowest BCUT2D eigenvalue weighted by Crippen LogP contribution is -2.08. The van der Waals surface area contributed by atoms with Crippen molar-refractivity contribution in [2.24, 2.45) is 0 Å². The minimum Gasteiger partial charge on any atom is -0.494 e. The van der Waals surface area contributed by atoms with Crippen molar-refractivity contribution in [1.29, 1.82) is 0 Å². The van der Waals surface area contributed by atoms with E-state index in [2.05, 4.69) is 23.4 Å². The molecule has 13 heteroatoms. The number of carbonyl (C=O) groups is 4. The van der Waals surface area contributed by atoms with Gasteiger partial charge in [-0.25, -0.2) is 19.2 Å². The third-order valence-corrected chi connectivity index (χ3v) is 6.04. The van der Waals surface area contributed by atoms with Crippen LogP contribution in [0.3, 0.4) is 0 Å². The van der Waals surface area contributed by atoms with E-state index in [1.807, 2.05) is 0 Å². The van der Waals surface area contributed by atoms with Crippen LogP contribution in [0.4, 0.5) is 0 Å². The summed E-state index contributed by atoms with van der Waals surface area (Å²) in [5.74, 6) is -1.13. The first-order chi connectivity index (χ1) is 20.9. The van der Waals surface area contributed by atoms with Crippen molar-refractivity contribution in [2.45, 2.75) is 25.7 Å². The van der Waals surface area contributed by atoms with Gasteiger partial charge in [0, 0.05) is 12.2 Å². The van der Waals surface area contributed by atoms with Crippen molar-refractivity contribution in [3.05, 3.63) is 85.0 Å². The Hall–Kier alpha value is -5.04. The van der Waals surface area contributed by atoms with E-state index < -0.39 is 23.9 Å². The molecule has 3 rings (SSSR count). The van der Waals surface area contributed by atoms with Gasteiger partial charge in [-0.1, -0.05) is 23.4 Å². The van der Waals surface area contributed by atoms with Gasteiger partial charge in [0.25, 0.3) is 0 Å². The highest BCUT2D eigenvalue weighted by Crippen LogP contribution is 2.26. The zero-order valence-corrected chi connectivity index (χ0v) is 24.0. The molecule has 0 saturated heterocycles. The van der Waals surface area contributed by atoms with Crippen LogP contribution in [0.1, 0.15) is 46.4 Å². The van der Waals surface area contributed by atoms with Gasteiger partial charge >= 0.3 is 34.3 Å². The fourth-order valence-corrected chi connectivity index (χ4v) is 3.73. The Balaban J connectivity index is 1.37. The summed E-state index contributed by atoms with van der Waals surface area (Å²) in [5.41, 5.74) is 0.520. The molecule has 12 nitrogen and oxygen atoms in total. The molecule has 0 N–H and O–H groups in total. The molecular formula is C30H30N2O10S. The lowest BCUT2D eigenvalue weighted by atomic mass is 10.2. The average Bonchev–Trinajstić information content (AvgIpc) is 3.46. The van der Waals surface area contributed by atoms with Gasteiger partial charge in [-0.2, -0.15) is 0 Å². The molecule has 0 aliphatic rings. The molecule has 0 aliphatic carbocycles. The summed E-state index contributed by atoms with van der Waals surface area (Å²) in [6.45, 7) is 8.06. The van der Waals surface area contributed by atoms with Gasteiger partial charge < -0.3 is 28.4 Å². The average molecular weight is 611 g/mol. The lowest BCUT2D eigenvalue weighted by Gasteiger charge is -2.07. The molecular weight excluding hydrogens is 580 g/mol. The van der Waals surface area contributed by atoms with Crippen LogP contribution in [0.2, 0.25) is 0 Å². The molecule has 3 aromatic rings. The van der Waals surface area contributed by atoms with Gasteiger partial charge in [0.1, 0.15) is 11.5 Å². The highest BCUT2D eigenvalue weighted by atomic mass is 32.1. The van der Waals surface area contributed by atoms with E-state index >= 15 is 0 Å². The number of rotatable bonds is 18. The topological polar surface area (TPSA) is 149 Å². The van der Waals surface area contributed by atoms with Crippen LogP contribution >= 0.6 is 11.3 Å². The largest absolute Gasteiger partial charge is 0.494 e. The molecule has 0 unspecified atom stereocenters. The van der Waals surface area contributed by atoms with Crippen LogP contribution in [0.5, 0.6) is 21.9 Å². The number of ether oxygens (including phenoxy) is 6. The maximum Gasteiger partial charge on any atom is 0.345 e. The maximum atomic E-state index is 12.5. The number of unbranched alkanes of at least 4 members (excludes halogenated alkanes) is 2. The van der Waals surface area contributed by atoms with Gasteiger partial charge in [-0.05, 0) is 85.6 Å². The van der Waals surface area contributed by atoms with Crippen molar-refractivity contribution in [3.8, 4) is 21.9 Å². The van der Waals surface area contributed by atoms with Crippen molar-refractivity contribution < 1.29 is 47.6 Å². The number of esters is 4. The van der Waals surface area contributed by atoms with Crippen molar-refractivity contribution in [2.75, 3.05) is 26.4 Å². The Morgan fingerprint density at radius 3 is 1.35 bits per heavy atom. The zero-order valence-electron chi connectivity index (χ0n) is 23.2. The zero-order chi connectivity index (χ0) is 30.9. The second-order valence-electron chi connectivity index (χ2n) is 8.52. The summed E-state index contributed by atoms with van der Waals surface area (Å²) in [7, 11) is 0. The number of nitrogens with zero attached hydrogens (tertiary/aromatic N) is 2. The number of hydrogen-bond donors (Lipinski definition) is 0. The molecule has 0 aliphatic heterocycles. The quantitative estimate of drug-likeness (QED) is 0.111. The summed E-state index contributed by atoms with van der Waals surface area (Å²) in [5, 5.41) is 7.31. The predicted octanol–water partition coefficient (Wildman–Crippen LogP) is 4.75. The van der Waals surface area contributed by atoms with Crippen LogP contribution in [-0.4, -0.2) is 60.5 Å². The monoisotopic (exact) mass is 610 g/mol. The SMILES string of the molecule is C=CC(=O)OCCCCOc1ccc(C(=O)Oc2nnc(OC(=O)c3ccc(OCCCCOC(=O)C=C)cc3)s2)cc1. The third-order valence-electron chi connectivity index (χ3n) is 5.36. The second kappa shape index (κ2) is 17.7. The molecule has 0 atom stereocenters. The fourth-order valence-electron chi connectivity index (χ4n) is 3.18. The Morgan fingerprint density at radius 1 is 0.605 bits per heavy atom. The fraction of sp³-hybridized carbons (Fsp3) is 0.267. The molecule has 0 fully saturated rings. The van der Waals surface area contributed by atoms with Gasteiger partial charge in [0.05, 0.1) is 37.6 Å². The second-order valence-corrected chi connectivity index (χ2v) is 9.42. The Kier molecular flexibility index (Phi) is 13.4. The normalized spacial score (nSPS) is 10.2. The summed E-state index contributed by atoms with van der Waals surface area (Å²) >= 11 is 0.795. The van der Waals surface area contributed by atoms with E-state index in [-0.39, 0.29) is 34.7 Å². The van der Waals surface area contributed by atoms with Crippen LogP contribution in [0, 0.1) is 0 Å². The standard InChI is InChI=1S/C30H30N2O10S/c1-3-25(33)39-19-7-5-17-37-23-13-9-21(10-14-23)27(35)41-29-31-32-30(43-29)42-28(36)22-11-15-24(16-12-22)38-18-6-8-20-40-26(34)4-2/h3-4,9-16H,1-2,5-8,17-20H2. The van der Waals surface area contributed by atoms with Gasteiger partial charge in [-0.3, -0.25) is 0 Å². The first-order valence-electron chi connectivity index (χ1n) is 13.2. The molecule has 226 valence electrons. The predicted molar refractivity (Wildman–Crippen MR) is 154 cm³/mol. The minimum absolute atomic E-state index is 0.0895. The minimum atomic E-state index is -0.669. The van der Waals surface area contributed by atoms with Crippen LogP contribution in [0.15, 0.2) is 73.8 Å². The van der Waals surface area contributed by atoms with E-state index in [4.69, 9.17) is 28.4 Å². The van der Waals surface area contributed by atoms with Crippen LogP contribution in [0.25, 0.3) is 0 Å². The smallest absolute Gasteiger partial charge is 0.345 e.